The summed E-state index contributed by atoms with van der Waals surface area (Å²) in [5.74, 6) is 0.653. The lowest BCUT2D eigenvalue weighted by Crippen LogP contribution is -2.46. The van der Waals surface area contributed by atoms with Crippen LogP contribution in [0.4, 0.5) is 5.82 Å². The van der Waals surface area contributed by atoms with Gasteiger partial charge in [0.25, 0.3) is 0 Å². The van der Waals surface area contributed by atoms with Crippen molar-refractivity contribution in [2.45, 2.75) is 77.3 Å². The molecule has 2 aliphatic heterocycles. The zero-order valence-electron chi connectivity index (χ0n) is 16.3. The van der Waals surface area contributed by atoms with E-state index in [2.05, 4.69) is 9.97 Å². The summed E-state index contributed by atoms with van der Waals surface area (Å²) in [6.07, 6.45) is -1.16. The van der Waals surface area contributed by atoms with E-state index >= 15 is 0 Å². The first-order valence-corrected chi connectivity index (χ1v) is 10.4. The highest BCUT2D eigenvalue weighted by molar-refractivity contribution is 6.65. The number of nitrogens with zero attached hydrogens (tertiary/aromatic N) is 2. The van der Waals surface area contributed by atoms with Crippen LogP contribution in [0.25, 0.3) is 0 Å². The molecule has 1 fully saturated rings. The van der Waals surface area contributed by atoms with Crippen molar-refractivity contribution in [1.82, 2.24) is 9.55 Å². The van der Waals surface area contributed by atoms with Crippen LogP contribution in [0.2, 0.25) is 0 Å². The van der Waals surface area contributed by atoms with Crippen molar-refractivity contribution < 1.29 is 19.3 Å². The van der Waals surface area contributed by atoms with E-state index in [4.69, 9.17) is 14.2 Å². The lowest BCUT2D eigenvalue weighted by atomic mass is 10.1. The van der Waals surface area contributed by atoms with Gasteiger partial charge in [-0.2, -0.15) is 4.98 Å². The van der Waals surface area contributed by atoms with Crippen molar-refractivity contribution >= 4 is 20.7 Å². The van der Waals surface area contributed by atoms with Gasteiger partial charge in [-0.1, -0.05) is 0 Å². The van der Waals surface area contributed by atoms with Crippen molar-refractivity contribution in [3.63, 3.8) is 0 Å². The predicted octanol–water partition coefficient (Wildman–Crippen LogP) is -0.365. The number of aliphatic hydroxyl groups excluding tert-OH is 1. The van der Waals surface area contributed by atoms with Crippen LogP contribution >= 0.6 is 0 Å². The highest BCUT2D eigenvalue weighted by Crippen LogP contribution is 2.33. The third-order valence-corrected chi connectivity index (χ3v) is 5.64. The molecule has 0 aliphatic carbocycles. The Balaban J connectivity index is 1.85. The first kappa shape index (κ1) is 19.5. The lowest BCUT2D eigenvalue weighted by molar-refractivity contribution is -0.138. The Kier molecular flexibility index (Phi) is 5.04. The topological polar surface area (TPSA) is 94.8 Å². The molecular formula is C17H29N3O5Si. The SMILES string of the molecule is CC(C)(C)OC[C@H]1OC(n2cc3c(nc2=O)N[SiH2]3)[C@@H](O)[C@@H]1OC(C)(C)C. The highest BCUT2D eigenvalue weighted by Gasteiger charge is 2.48. The summed E-state index contributed by atoms with van der Waals surface area (Å²) in [6, 6.07) is 0. The summed E-state index contributed by atoms with van der Waals surface area (Å²) in [6.45, 7) is 11.9. The number of nitrogens with one attached hydrogen (secondary N) is 1. The van der Waals surface area contributed by atoms with Gasteiger partial charge >= 0.3 is 5.69 Å². The van der Waals surface area contributed by atoms with E-state index in [9.17, 15) is 9.90 Å². The van der Waals surface area contributed by atoms with Gasteiger partial charge in [-0.05, 0) is 41.5 Å². The molecule has 0 spiro atoms. The molecule has 146 valence electrons. The Morgan fingerprint density at radius 2 is 2.00 bits per heavy atom. The molecule has 3 heterocycles. The highest BCUT2D eigenvalue weighted by atomic mass is 28.2. The summed E-state index contributed by atoms with van der Waals surface area (Å²) >= 11 is 0. The van der Waals surface area contributed by atoms with Gasteiger partial charge in [0.15, 0.2) is 15.9 Å². The zero-order valence-corrected chi connectivity index (χ0v) is 17.7. The first-order chi connectivity index (χ1) is 11.9. The molecule has 1 unspecified atom stereocenters. The van der Waals surface area contributed by atoms with Crippen LogP contribution in [0.5, 0.6) is 0 Å². The fraction of sp³-hybridized carbons (Fsp3) is 0.765. The van der Waals surface area contributed by atoms with Gasteiger partial charge in [0.2, 0.25) is 0 Å². The van der Waals surface area contributed by atoms with Crippen molar-refractivity contribution in [2.24, 2.45) is 0 Å². The van der Waals surface area contributed by atoms with Crippen molar-refractivity contribution in [3.05, 3.63) is 16.7 Å². The molecule has 0 radical (unpaired) electrons. The summed E-state index contributed by atoms with van der Waals surface area (Å²) in [5, 5.41) is 11.9. The van der Waals surface area contributed by atoms with Crippen LogP contribution in [0.3, 0.4) is 0 Å². The first-order valence-electron chi connectivity index (χ1n) is 8.96. The fourth-order valence-electron chi connectivity index (χ4n) is 3.02. The van der Waals surface area contributed by atoms with Gasteiger partial charge in [0.05, 0.1) is 17.8 Å². The predicted molar refractivity (Wildman–Crippen MR) is 101 cm³/mol. The van der Waals surface area contributed by atoms with Gasteiger partial charge in [0.1, 0.15) is 24.1 Å². The average Bonchev–Trinajstić information content (AvgIpc) is 2.76. The summed E-state index contributed by atoms with van der Waals surface area (Å²) in [7, 11) is -0.575. The number of ether oxygens (including phenoxy) is 3. The zero-order chi connectivity index (χ0) is 19.3. The Morgan fingerprint density at radius 1 is 1.31 bits per heavy atom. The van der Waals surface area contributed by atoms with Gasteiger partial charge < -0.3 is 24.3 Å². The fourth-order valence-corrected chi connectivity index (χ4v) is 4.00. The molecule has 1 aromatic rings. The third-order valence-electron chi connectivity index (χ3n) is 4.23. The van der Waals surface area contributed by atoms with Crippen LogP contribution in [-0.4, -0.2) is 60.5 Å². The largest absolute Gasteiger partial charge is 0.396 e. The monoisotopic (exact) mass is 383 g/mol. The van der Waals surface area contributed by atoms with E-state index in [1.54, 1.807) is 6.20 Å². The third kappa shape index (κ3) is 4.17. The molecule has 8 nitrogen and oxygen atoms in total. The molecular weight excluding hydrogens is 354 g/mol. The van der Waals surface area contributed by atoms with E-state index in [0.717, 1.165) is 5.19 Å². The van der Waals surface area contributed by atoms with Crippen LogP contribution in [0.15, 0.2) is 11.0 Å². The normalized spacial score (nSPS) is 29.3. The van der Waals surface area contributed by atoms with Crippen molar-refractivity contribution in [2.75, 3.05) is 11.6 Å². The molecule has 1 saturated heterocycles. The van der Waals surface area contributed by atoms with Crippen LogP contribution in [0.1, 0.15) is 47.8 Å². The maximum atomic E-state index is 12.3. The Bertz CT molecular complexity index is 725. The molecule has 26 heavy (non-hydrogen) atoms. The Labute approximate surface area is 155 Å². The molecule has 3 rings (SSSR count). The van der Waals surface area contributed by atoms with Crippen LogP contribution in [-0.2, 0) is 14.2 Å². The van der Waals surface area contributed by atoms with Gasteiger partial charge in [-0.3, -0.25) is 4.57 Å². The van der Waals surface area contributed by atoms with E-state index in [0.29, 0.717) is 5.82 Å². The molecule has 2 aliphatic rings. The molecule has 9 heteroatoms. The second kappa shape index (κ2) is 6.72. The summed E-state index contributed by atoms with van der Waals surface area (Å²) in [4.78, 5) is 19.5. The smallest absolute Gasteiger partial charge is 0.351 e. The van der Waals surface area contributed by atoms with Gasteiger partial charge in [-0.25, -0.2) is 4.79 Å². The second-order valence-electron chi connectivity index (χ2n) is 8.83. The summed E-state index contributed by atoms with van der Waals surface area (Å²) in [5.41, 5.74) is -1.25. The number of hydrogen-bond acceptors (Lipinski definition) is 7. The van der Waals surface area contributed by atoms with E-state index < -0.39 is 45.5 Å². The number of rotatable bonds is 4. The molecule has 2 N–H and O–H groups in total. The molecule has 0 saturated carbocycles. The number of anilines is 1. The lowest BCUT2D eigenvalue weighted by Gasteiger charge is -2.30. The van der Waals surface area contributed by atoms with Crippen LogP contribution < -0.4 is 15.9 Å². The number of hydrogen-bond donors (Lipinski definition) is 2. The van der Waals surface area contributed by atoms with Gasteiger partial charge in [-0.15, -0.1) is 0 Å². The van der Waals surface area contributed by atoms with Crippen LogP contribution in [0, 0.1) is 0 Å². The minimum Gasteiger partial charge on any atom is -0.396 e. The van der Waals surface area contributed by atoms with Crippen molar-refractivity contribution in [3.8, 4) is 0 Å². The van der Waals surface area contributed by atoms with E-state index in [1.807, 2.05) is 41.5 Å². The molecule has 0 aromatic carbocycles. The molecule has 4 atom stereocenters. The minimum atomic E-state index is -0.991. The number of fused-ring (bicyclic) bond motifs is 1. The number of aromatic nitrogens is 2. The van der Waals surface area contributed by atoms with E-state index in [1.165, 1.54) is 4.57 Å². The molecule has 0 amide bonds. The minimum absolute atomic E-state index is 0.265. The van der Waals surface area contributed by atoms with Gasteiger partial charge in [0, 0.05) is 11.4 Å². The molecule has 0 bridgehead atoms. The standard InChI is InChI=1S/C17H29N3O5Si/c1-16(2,3)23-8-9-12(25-17(4,5)6)11(21)14(24-9)20-7-10-13(19-26-10)18-15(20)22/h7,9,11-12,14,21H,8,26H2,1-6H3,(H,18,19,22)/t9-,11+,12-,14?/m1/s1. The average molecular weight is 384 g/mol. The molecule has 1 aromatic heterocycles. The maximum absolute atomic E-state index is 12.3. The quantitative estimate of drug-likeness (QED) is 0.686. The maximum Gasteiger partial charge on any atom is 0.351 e. The summed E-state index contributed by atoms with van der Waals surface area (Å²) < 4.78 is 19.3. The van der Waals surface area contributed by atoms with E-state index in [-0.39, 0.29) is 12.2 Å². The van der Waals surface area contributed by atoms with Crippen molar-refractivity contribution in [1.29, 1.82) is 0 Å². The Morgan fingerprint density at radius 3 is 2.54 bits per heavy atom. The second-order valence-corrected chi connectivity index (χ2v) is 10.3. The number of aliphatic hydroxyl groups is 1. The Hall–Kier alpha value is -1.26.